The minimum absolute atomic E-state index is 0.328. The number of nitrogens with zero attached hydrogens (tertiary/aromatic N) is 2. The molecule has 25 heavy (non-hydrogen) atoms. The van der Waals surface area contributed by atoms with E-state index in [1.54, 1.807) is 43.5 Å². The zero-order chi connectivity index (χ0) is 17.5. The second kappa shape index (κ2) is 7.92. The molecule has 6 heteroatoms. The van der Waals surface area contributed by atoms with Gasteiger partial charge in [-0.15, -0.1) is 0 Å². The number of hydrogen-bond donors (Lipinski definition) is 2. The lowest BCUT2D eigenvalue weighted by atomic mass is 10.2. The van der Waals surface area contributed by atoms with Gasteiger partial charge in [0, 0.05) is 17.6 Å². The first-order valence-electron chi connectivity index (χ1n) is 7.94. The summed E-state index contributed by atoms with van der Waals surface area (Å²) in [6, 6.07) is 18.5. The van der Waals surface area contributed by atoms with Crippen molar-refractivity contribution in [3.05, 3.63) is 72.4 Å². The molecule has 0 aliphatic rings. The van der Waals surface area contributed by atoms with Gasteiger partial charge in [-0.05, 0) is 49.4 Å². The van der Waals surface area contributed by atoms with Crippen LogP contribution in [0.25, 0.3) is 0 Å². The Hall–Kier alpha value is -3.41. The van der Waals surface area contributed by atoms with Gasteiger partial charge in [0.15, 0.2) is 0 Å². The minimum atomic E-state index is -0.328. The van der Waals surface area contributed by atoms with E-state index in [1.807, 2.05) is 30.3 Å². The predicted molar refractivity (Wildman–Crippen MR) is 97.4 cm³/mol. The van der Waals surface area contributed by atoms with Gasteiger partial charge >= 0.3 is 5.97 Å². The largest absolute Gasteiger partial charge is 0.462 e. The number of carbonyl (C=O) groups excluding carboxylic acids is 1. The van der Waals surface area contributed by atoms with E-state index in [-0.39, 0.29) is 5.97 Å². The molecule has 0 atom stereocenters. The predicted octanol–water partition coefficient (Wildman–Crippen LogP) is 4.14. The monoisotopic (exact) mass is 334 g/mol. The molecule has 6 nitrogen and oxygen atoms in total. The lowest BCUT2D eigenvalue weighted by Gasteiger charge is -2.09. The van der Waals surface area contributed by atoms with Crippen LogP contribution in [-0.4, -0.2) is 22.5 Å². The van der Waals surface area contributed by atoms with Crippen LogP contribution in [0.15, 0.2) is 66.9 Å². The second-order valence-electron chi connectivity index (χ2n) is 5.18. The zero-order valence-electron chi connectivity index (χ0n) is 13.8. The molecule has 0 radical (unpaired) electrons. The van der Waals surface area contributed by atoms with Crippen LogP contribution in [0.4, 0.5) is 23.1 Å². The first kappa shape index (κ1) is 16.4. The third kappa shape index (κ3) is 4.54. The second-order valence-corrected chi connectivity index (χ2v) is 5.18. The fourth-order valence-electron chi connectivity index (χ4n) is 2.19. The average molecular weight is 334 g/mol. The van der Waals surface area contributed by atoms with E-state index in [2.05, 4.69) is 20.6 Å². The molecule has 1 aromatic heterocycles. The van der Waals surface area contributed by atoms with Crippen molar-refractivity contribution in [1.82, 2.24) is 9.97 Å². The molecule has 0 spiro atoms. The molecule has 0 fully saturated rings. The number of para-hydroxylation sites is 1. The number of hydrogen-bond acceptors (Lipinski definition) is 6. The van der Waals surface area contributed by atoms with Crippen LogP contribution >= 0.6 is 0 Å². The SMILES string of the molecule is CCOC(=O)c1ccc(Nc2ccnc(Nc3ccccc3)n2)cc1. The summed E-state index contributed by atoms with van der Waals surface area (Å²) >= 11 is 0. The Morgan fingerprint density at radius 2 is 1.68 bits per heavy atom. The van der Waals surface area contributed by atoms with Crippen LogP contribution in [0, 0.1) is 0 Å². The molecule has 2 aromatic carbocycles. The van der Waals surface area contributed by atoms with Crippen LogP contribution in [0.1, 0.15) is 17.3 Å². The van der Waals surface area contributed by atoms with E-state index < -0.39 is 0 Å². The highest BCUT2D eigenvalue weighted by atomic mass is 16.5. The lowest BCUT2D eigenvalue weighted by molar-refractivity contribution is 0.0526. The van der Waals surface area contributed by atoms with Crippen molar-refractivity contribution in [1.29, 1.82) is 0 Å². The summed E-state index contributed by atoms with van der Waals surface area (Å²) in [6.45, 7) is 2.14. The molecule has 0 aliphatic carbocycles. The minimum Gasteiger partial charge on any atom is -0.462 e. The number of carbonyl (C=O) groups is 1. The average Bonchev–Trinajstić information content (AvgIpc) is 2.64. The van der Waals surface area contributed by atoms with Crippen molar-refractivity contribution in [2.45, 2.75) is 6.92 Å². The fraction of sp³-hybridized carbons (Fsp3) is 0.105. The standard InChI is InChI=1S/C19H18N4O2/c1-2-25-18(24)14-8-10-16(11-9-14)21-17-12-13-20-19(23-17)22-15-6-4-3-5-7-15/h3-13H,2H2,1H3,(H2,20,21,22,23). The molecule has 0 aliphatic heterocycles. The highest BCUT2D eigenvalue weighted by molar-refractivity contribution is 5.89. The number of rotatable bonds is 6. The summed E-state index contributed by atoms with van der Waals surface area (Å²) in [5.74, 6) is 0.821. The molecular weight excluding hydrogens is 316 g/mol. The van der Waals surface area contributed by atoms with Crippen molar-refractivity contribution < 1.29 is 9.53 Å². The Labute approximate surface area is 145 Å². The summed E-state index contributed by atoms with van der Waals surface area (Å²) in [7, 11) is 0. The molecule has 0 saturated carbocycles. The highest BCUT2D eigenvalue weighted by Gasteiger charge is 2.06. The molecule has 0 unspecified atom stereocenters. The summed E-state index contributed by atoms with van der Waals surface area (Å²) in [4.78, 5) is 20.3. The Balaban J connectivity index is 1.68. The molecule has 0 amide bonds. The summed E-state index contributed by atoms with van der Waals surface area (Å²) in [6.07, 6.45) is 1.67. The third-order valence-corrected chi connectivity index (χ3v) is 3.35. The van der Waals surface area contributed by atoms with E-state index in [0.717, 1.165) is 11.4 Å². The quantitative estimate of drug-likeness (QED) is 0.660. The molecule has 126 valence electrons. The fourth-order valence-corrected chi connectivity index (χ4v) is 2.19. The molecule has 0 bridgehead atoms. The van der Waals surface area contributed by atoms with E-state index in [4.69, 9.17) is 4.74 Å². The van der Waals surface area contributed by atoms with E-state index in [9.17, 15) is 4.79 Å². The van der Waals surface area contributed by atoms with Gasteiger partial charge in [0.25, 0.3) is 0 Å². The molecule has 2 N–H and O–H groups in total. The van der Waals surface area contributed by atoms with Gasteiger partial charge in [-0.25, -0.2) is 9.78 Å². The van der Waals surface area contributed by atoms with E-state index in [1.165, 1.54) is 0 Å². The van der Waals surface area contributed by atoms with Crippen LogP contribution in [-0.2, 0) is 4.74 Å². The third-order valence-electron chi connectivity index (χ3n) is 3.35. The number of benzene rings is 2. The maximum atomic E-state index is 11.7. The zero-order valence-corrected chi connectivity index (χ0v) is 13.8. The van der Waals surface area contributed by atoms with Gasteiger partial charge in [0.1, 0.15) is 5.82 Å². The first-order valence-corrected chi connectivity index (χ1v) is 7.94. The van der Waals surface area contributed by atoms with Crippen LogP contribution in [0.3, 0.4) is 0 Å². The molecular formula is C19H18N4O2. The van der Waals surface area contributed by atoms with Crippen LogP contribution in [0.2, 0.25) is 0 Å². The van der Waals surface area contributed by atoms with Gasteiger partial charge in [0.05, 0.1) is 12.2 Å². The number of ether oxygens (including phenoxy) is 1. The summed E-state index contributed by atoms with van der Waals surface area (Å²) < 4.78 is 4.97. The summed E-state index contributed by atoms with van der Waals surface area (Å²) in [5, 5.41) is 6.33. The van der Waals surface area contributed by atoms with E-state index >= 15 is 0 Å². The molecule has 0 saturated heterocycles. The topological polar surface area (TPSA) is 76.1 Å². The summed E-state index contributed by atoms with van der Waals surface area (Å²) in [5.41, 5.74) is 2.25. The number of esters is 1. The smallest absolute Gasteiger partial charge is 0.338 e. The van der Waals surface area contributed by atoms with Gasteiger partial charge in [-0.3, -0.25) is 0 Å². The number of nitrogens with one attached hydrogen (secondary N) is 2. The molecule has 1 heterocycles. The number of anilines is 4. The lowest BCUT2D eigenvalue weighted by Crippen LogP contribution is -2.04. The van der Waals surface area contributed by atoms with Gasteiger partial charge in [-0.2, -0.15) is 4.98 Å². The Morgan fingerprint density at radius 3 is 2.40 bits per heavy atom. The van der Waals surface area contributed by atoms with Crippen molar-refractivity contribution >= 4 is 29.1 Å². The van der Waals surface area contributed by atoms with Crippen molar-refractivity contribution in [2.75, 3.05) is 17.2 Å². The van der Waals surface area contributed by atoms with E-state index in [0.29, 0.717) is 23.9 Å². The van der Waals surface area contributed by atoms with Crippen molar-refractivity contribution in [2.24, 2.45) is 0 Å². The van der Waals surface area contributed by atoms with Gasteiger partial charge in [-0.1, -0.05) is 18.2 Å². The van der Waals surface area contributed by atoms with Gasteiger partial charge in [0.2, 0.25) is 5.95 Å². The Bertz CT molecular complexity index is 836. The molecule has 3 aromatic rings. The normalized spacial score (nSPS) is 10.1. The van der Waals surface area contributed by atoms with Crippen LogP contribution < -0.4 is 10.6 Å². The van der Waals surface area contributed by atoms with Crippen LogP contribution in [0.5, 0.6) is 0 Å². The van der Waals surface area contributed by atoms with Crippen molar-refractivity contribution in [3.8, 4) is 0 Å². The number of aromatic nitrogens is 2. The van der Waals surface area contributed by atoms with Gasteiger partial charge < -0.3 is 15.4 Å². The Morgan fingerprint density at radius 1 is 0.960 bits per heavy atom. The maximum absolute atomic E-state index is 11.7. The van der Waals surface area contributed by atoms with Crippen molar-refractivity contribution in [3.63, 3.8) is 0 Å². The Kier molecular flexibility index (Phi) is 5.21. The highest BCUT2D eigenvalue weighted by Crippen LogP contribution is 2.18. The first-order chi connectivity index (χ1) is 12.2. The molecule has 3 rings (SSSR count). The maximum Gasteiger partial charge on any atom is 0.338 e.